The normalized spacial score (nSPS) is 13.7. The minimum atomic E-state index is 0.715. The Kier molecular flexibility index (Phi) is 28.5. The summed E-state index contributed by atoms with van der Waals surface area (Å²) in [4.78, 5) is 15.7. The molecule has 0 spiro atoms. The van der Waals surface area contributed by atoms with Crippen LogP contribution in [0.5, 0.6) is 0 Å². The number of rotatable bonds is 39. The number of hydrogen-bond donors (Lipinski definition) is 0. The lowest BCUT2D eigenvalue weighted by Crippen LogP contribution is -1.98. The van der Waals surface area contributed by atoms with Crippen LogP contribution in [0.3, 0.4) is 0 Å². The van der Waals surface area contributed by atoms with Crippen LogP contribution in [0.4, 0.5) is 0 Å². The van der Waals surface area contributed by atoms with Crippen LogP contribution in [-0.4, -0.2) is 19.8 Å². The summed E-state index contributed by atoms with van der Waals surface area (Å²) in [5.41, 5.74) is 4.47. The van der Waals surface area contributed by atoms with Gasteiger partial charge in [-0.2, -0.15) is 0 Å². The molecule has 0 radical (unpaired) electrons. The van der Waals surface area contributed by atoms with Crippen LogP contribution in [-0.2, 0) is 28.9 Å². The highest BCUT2D eigenvalue weighted by Gasteiger charge is 2.21. The lowest BCUT2D eigenvalue weighted by atomic mass is 10.0. The highest BCUT2D eigenvalue weighted by Crippen LogP contribution is 2.53. The largest absolute Gasteiger partial charge is 0.377 e. The molecule has 0 fully saturated rings. The Labute approximate surface area is 480 Å². The molecule has 0 N–H and O–H groups in total. The Morgan fingerprint density at radius 2 is 0.836 bits per heavy atom. The molecule has 0 unspecified atom stereocenters. The van der Waals surface area contributed by atoms with Gasteiger partial charge in [-0.15, -0.1) is 56.7 Å². The second-order valence-electron chi connectivity index (χ2n) is 20.2. The molecule has 2 aliphatic heterocycles. The molecule has 0 saturated heterocycles. The van der Waals surface area contributed by atoms with Crippen LogP contribution in [0, 0.1) is 13.8 Å². The molecule has 2 aliphatic rings. The molecular weight excluding hydrogens is 1070 g/mol. The summed E-state index contributed by atoms with van der Waals surface area (Å²) in [5, 5.41) is 6.61. The van der Waals surface area contributed by atoms with Crippen molar-refractivity contribution < 1.29 is 9.47 Å². The quantitative estimate of drug-likeness (QED) is 0.0363. The zero-order valence-corrected chi connectivity index (χ0v) is 52.2. The maximum Gasteiger partial charge on any atom is 0.0784 e. The first kappa shape index (κ1) is 59.7. The van der Waals surface area contributed by atoms with Crippen molar-refractivity contribution in [1.82, 2.24) is 0 Å². The molecule has 0 aliphatic carbocycles. The van der Waals surface area contributed by atoms with E-state index < -0.39 is 0 Å². The molecule has 7 heterocycles. The fourth-order valence-corrected chi connectivity index (χ4v) is 19.9. The summed E-state index contributed by atoms with van der Waals surface area (Å²) < 4.78 is 15.2. The molecule has 5 aromatic rings. The molecule has 7 rings (SSSR count). The molecule has 400 valence electrons. The smallest absolute Gasteiger partial charge is 0.0784 e. The fraction of sp³-hybridized carbons (Fsp3) is 0.581. The minimum absolute atomic E-state index is 0.715. The van der Waals surface area contributed by atoms with E-state index in [9.17, 15) is 0 Å². The van der Waals surface area contributed by atoms with Crippen molar-refractivity contribution in [2.75, 3.05) is 19.8 Å². The number of aryl methyl sites for hydroxylation is 4. The fourth-order valence-electron chi connectivity index (χ4n) is 9.69. The maximum atomic E-state index is 6.32. The Balaban J connectivity index is 0.873. The van der Waals surface area contributed by atoms with E-state index in [4.69, 9.17) is 9.47 Å². The van der Waals surface area contributed by atoms with Gasteiger partial charge in [-0.05, 0) is 128 Å². The number of thioether (sulfide) groups is 4. The first-order valence-electron chi connectivity index (χ1n) is 28.4. The van der Waals surface area contributed by atoms with E-state index in [2.05, 4.69) is 86.4 Å². The minimum Gasteiger partial charge on any atom is -0.377 e. The van der Waals surface area contributed by atoms with Gasteiger partial charge in [-0.3, -0.25) is 0 Å². The molecule has 0 atom stereocenters. The molecule has 0 saturated carbocycles. The summed E-state index contributed by atoms with van der Waals surface area (Å²) >= 11 is 17.4. The second kappa shape index (κ2) is 34.8. The van der Waals surface area contributed by atoms with Crippen molar-refractivity contribution in [1.29, 1.82) is 0 Å². The van der Waals surface area contributed by atoms with Crippen LogP contribution in [0.1, 0.15) is 207 Å². The molecule has 2 nitrogen and oxygen atoms in total. The van der Waals surface area contributed by atoms with Gasteiger partial charge >= 0.3 is 0 Å². The zero-order valence-electron chi connectivity index (χ0n) is 44.9. The van der Waals surface area contributed by atoms with Crippen molar-refractivity contribution in [2.45, 2.75) is 214 Å². The molecular formula is C62H86O2S9. The molecule has 73 heavy (non-hydrogen) atoms. The third-order valence-electron chi connectivity index (χ3n) is 13.9. The standard InChI is InChI=1S/C62H86O2S9/c1-5-7-9-11-13-15-17-19-23-27-31-49-41-47(3)68-59(49)55-35-33-53(71-55)54-34-36-56(72-54)60-50(32-28-24-20-18-16-14-12-10-8-6-2)42-58(73-60)57-43-51(48(4)69-57)44-63-37-29-25-21-22-26-30-38-64-45-52-46-67-62(70-52)61-65-39-40-66-61/h33-36,39-43,46H,5-32,37-38,44-45H2,1-4H3. The maximum absolute atomic E-state index is 6.32. The van der Waals surface area contributed by atoms with Crippen molar-refractivity contribution in [3.8, 4) is 39.0 Å². The van der Waals surface area contributed by atoms with Crippen LogP contribution in [0.25, 0.3) is 39.0 Å². The summed E-state index contributed by atoms with van der Waals surface area (Å²) in [6, 6.07) is 17.1. The Hall–Kier alpha value is -0.960. The van der Waals surface area contributed by atoms with Gasteiger partial charge in [0, 0.05) is 66.9 Å². The van der Waals surface area contributed by atoms with Gasteiger partial charge in [0.05, 0.1) is 21.7 Å². The van der Waals surface area contributed by atoms with Gasteiger partial charge in [-0.25, -0.2) is 0 Å². The topological polar surface area (TPSA) is 18.5 Å². The Morgan fingerprint density at radius 1 is 0.384 bits per heavy atom. The first-order valence-corrected chi connectivity index (χ1v) is 36.0. The molecule has 0 amide bonds. The first-order chi connectivity index (χ1) is 36.0. The van der Waals surface area contributed by atoms with E-state index >= 15 is 0 Å². The van der Waals surface area contributed by atoms with Crippen molar-refractivity contribution in [2.24, 2.45) is 0 Å². The van der Waals surface area contributed by atoms with Crippen molar-refractivity contribution >= 4 is 104 Å². The molecule has 0 aromatic carbocycles. The Morgan fingerprint density at radius 3 is 1.40 bits per heavy atom. The summed E-state index contributed by atoms with van der Waals surface area (Å²) in [6.45, 7) is 12.4. The van der Waals surface area contributed by atoms with Crippen LogP contribution in [0.15, 0.2) is 72.1 Å². The van der Waals surface area contributed by atoms with E-state index in [1.54, 1.807) is 11.1 Å². The van der Waals surface area contributed by atoms with E-state index in [1.807, 2.05) is 104 Å². The predicted octanol–water partition coefficient (Wildman–Crippen LogP) is 24.5. The lowest BCUT2D eigenvalue weighted by molar-refractivity contribution is 0.116. The average molecular weight is 1150 g/mol. The number of ether oxygens (including phenoxy) is 2. The lowest BCUT2D eigenvalue weighted by Gasteiger charge is -2.06. The van der Waals surface area contributed by atoms with Crippen LogP contribution < -0.4 is 0 Å². The number of hydrogen-bond acceptors (Lipinski definition) is 11. The van der Waals surface area contributed by atoms with Crippen LogP contribution >= 0.6 is 104 Å². The van der Waals surface area contributed by atoms with E-state index in [1.165, 1.54) is 235 Å². The molecule has 11 heteroatoms. The third kappa shape index (κ3) is 20.7. The number of thiophene rings is 5. The zero-order chi connectivity index (χ0) is 50.7. The SMILES string of the molecule is CCCCCCCCCCCCc1cc(C)sc1-c1ccc(-c2ccc(-c3sc(-c4cc(COCCCCCCCCOCC5=CSC(=C6SC=CS6)S5)c(C)s4)cc3CCCCCCCCCCCC)s2)s1. The van der Waals surface area contributed by atoms with Gasteiger partial charge < -0.3 is 9.47 Å². The predicted molar refractivity (Wildman–Crippen MR) is 341 cm³/mol. The summed E-state index contributed by atoms with van der Waals surface area (Å²) in [7, 11) is 0. The van der Waals surface area contributed by atoms with E-state index in [0.717, 1.165) is 32.7 Å². The van der Waals surface area contributed by atoms with E-state index in [0.29, 0.717) is 6.61 Å². The van der Waals surface area contributed by atoms with Crippen molar-refractivity contribution in [3.05, 3.63) is 98.5 Å². The van der Waals surface area contributed by atoms with Gasteiger partial charge in [0.2, 0.25) is 0 Å². The molecule has 0 bridgehead atoms. The highest BCUT2D eigenvalue weighted by molar-refractivity contribution is 8.33. The highest BCUT2D eigenvalue weighted by atomic mass is 32.2. The second-order valence-corrected chi connectivity index (χ2v) is 30.3. The average Bonchev–Trinajstić information content (AvgIpc) is 4.26. The van der Waals surface area contributed by atoms with E-state index in [-0.39, 0.29) is 0 Å². The number of unbranched alkanes of at least 4 members (excludes halogenated alkanes) is 23. The molecule has 5 aromatic heterocycles. The summed E-state index contributed by atoms with van der Waals surface area (Å²) in [5.74, 6) is 0. The van der Waals surface area contributed by atoms with Gasteiger partial charge in [-0.1, -0.05) is 202 Å². The summed E-state index contributed by atoms with van der Waals surface area (Å²) in [6.07, 6.45) is 37.4. The monoisotopic (exact) mass is 1150 g/mol. The van der Waals surface area contributed by atoms with Crippen molar-refractivity contribution in [3.63, 3.8) is 0 Å². The van der Waals surface area contributed by atoms with Crippen LogP contribution in [0.2, 0.25) is 0 Å². The van der Waals surface area contributed by atoms with Gasteiger partial charge in [0.15, 0.2) is 0 Å². The Bertz CT molecular complexity index is 2410. The van der Waals surface area contributed by atoms with Gasteiger partial charge in [0.1, 0.15) is 0 Å². The third-order valence-corrected chi connectivity index (χ3v) is 25.3. The van der Waals surface area contributed by atoms with Gasteiger partial charge in [0.25, 0.3) is 0 Å².